The van der Waals surface area contributed by atoms with Gasteiger partial charge in [0.25, 0.3) is 5.56 Å². The molecule has 0 saturated carbocycles. The molecular formula is C24H16ClNO5. The van der Waals surface area contributed by atoms with Crippen LogP contribution in [0.1, 0.15) is 26.4 Å². The Labute approximate surface area is 181 Å². The van der Waals surface area contributed by atoms with Crippen LogP contribution in [0.4, 0.5) is 0 Å². The second kappa shape index (κ2) is 8.08. The van der Waals surface area contributed by atoms with E-state index in [1.165, 1.54) is 16.7 Å². The lowest BCUT2D eigenvalue weighted by molar-refractivity contribution is 0.0679. The van der Waals surface area contributed by atoms with E-state index in [1.54, 1.807) is 54.6 Å². The molecule has 0 unspecified atom stereocenters. The van der Waals surface area contributed by atoms with Crippen molar-refractivity contribution in [1.29, 1.82) is 0 Å². The van der Waals surface area contributed by atoms with Crippen LogP contribution in [0.25, 0.3) is 21.9 Å². The van der Waals surface area contributed by atoms with E-state index in [0.29, 0.717) is 32.5 Å². The van der Waals surface area contributed by atoms with Crippen LogP contribution in [0, 0.1) is 0 Å². The molecule has 1 aromatic heterocycles. The number of aromatic nitrogens is 1. The second-order valence-corrected chi connectivity index (χ2v) is 7.41. The number of halogens is 1. The van der Waals surface area contributed by atoms with E-state index in [-0.39, 0.29) is 17.8 Å². The summed E-state index contributed by atoms with van der Waals surface area (Å²) in [5, 5.41) is 20.4. The van der Waals surface area contributed by atoms with Crippen LogP contribution in [0.2, 0.25) is 5.02 Å². The summed E-state index contributed by atoms with van der Waals surface area (Å²) >= 11 is 6.17. The number of hydrogen-bond donors (Lipinski definition) is 2. The highest BCUT2D eigenvalue weighted by Crippen LogP contribution is 2.32. The number of benzene rings is 3. The Kier molecular flexibility index (Phi) is 5.31. The molecule has 0 aliphatic rings. The highest BCUT2D eigenvalue weighted by Gasteiger charge is 2.23. The zero-order chi connectivity index (χ0) is 22.1. The number of carboxylic acids is 2. The van der Waals surface area contributed by atoms with Gasteiger partial charge in [-0.1, -0.05) is 54.1 Å². The van der Waals surface area contributed by atoms with Crippen molar-refractivity contribution in [3.8, 4) is 11.1 Å². The van der Waals surface area contributed by atoms with E-state index >= 15 is 0 Å². The third-order valence-electron chi connectivity index (χ3n) is 5.04. The van der Waals surface area contributed by atoms with Crippen molar-refractivity contribution in [1.82, 2.24) is 4.57 Å². The Balaban J connectivity index is 2.03. The van der Waals surface area contributed by atoms with Gasteiger partial charge < -0.3 is 10.2 Å². The average molecular weight is 434 g/mol. The number of pyridine rings is 1. The fourth-order valence-electron chi connectivity index (χ4n) is 3.62. The summed E-state index contributed by atoms with van der Waals surface area (Å²) < 4.78 is 1.21. The molecule has 0 atom stereocenters. The molecule has 0 saturated heterocycles. The van der Waals surface area contributed by atoms with Crippen molar-refractivity contribution >= 4 is 34.3 Å². The molecule has 4 rings (SSSR count). The summed E-state index contributed by atoms with van der Waals surface area (Å²) in [6, 6.07) is 19.7. The SMILES string of the molecule is O=C(O)c1ccc(Cn2c(C(=O)O)c(-c3ccccc3)c3cc(Cl)ccc3c2=O)cc1. The summed E-state index contributed by atoms with van der Waals surface area (Å²) in [4.78, 5) is 36.8. The summed E-state index contributed by atoms with van der Waals surface area (Å²) in [7, 11) is 0. The topological polar surface area (TPSA) is 96.6 Å². The summed E-state index contributed by atoms with van der Waals surface area (Å²) in [6.07, 6.45) is 0. The number of hydrogen-bond acceptors (Lipinski definition) is 3. The molecule has 6 nitrogen and oxygen atoms in total. The van der Waals surface area contributed by atoms with E-state index in [9.17, 15) is 19.5 Å². The quantitative estimate of drug-likeness (QED) is 0.472. The molecular weight excluding hydrogens is 418 g/mol. The Morgan fingerprint density at radius 2 is 1.52 bits per heavy atom. The zero-order valence-electron chi connectivity index (χ0n) is 16.1. The minimum absolute atomic E-state index is 0.0290. The summed E-state index contributed by atoms with van der Waals surface area (Å²) in [5.74, 6) is -2.32. The Bertz CT molecular complexity index is 1380. The fraction of sp³-hybridized carbons (Fsp3) is 0.0417. The largest absolute Gasteiger partial charge is 0.478 e. The molecule has 2 N–H and O–H groups in total. The molecule has 0 aliphatic carbocycles. The first-order valence-corrected chi connectivity index (χ1v) is 9.71. The minimum Gasteiger partial charge on any atom is -0.478 e. The lowest BCUT2D eigenvalue weighted by Crippen LogP contribution is -2.28. The van der Waals surface area contributed by atoms with Crippen LogP contribution in [0.3, 0.4) is 0 Å². The Hall–Kier alpha value is -3.90. The van der Waals surface area contributed by atoms with Gasteiger partial charge in [0, 0.05) is 16.0 Å². The van der Waals surface area contributed by atoms with Crippen LogP contribution in [-0.4, -0.2) is 26.7 Å². The highest BCUT2D eigenvalue weighted by molar-refractivity contribution is 6.31. The smallest absolute Gasteiger partial charge is 0.353 e. The minimum atomic E-state index is -1.25. The molecule has 3 aromatic carbocycles. The normalized spacial score (nSPS) is 10.9. The first kappa shape index (κ1) is 20.4. The second-order valence-electron chi connectivity index (χ2n) is 6.98. The van der Waals surface area contributed by atoms with Gasteiger partial charge in [0.15, 0.2) is 0 Å². The van der Waals surface area contributed by atoms with Gasteiger partial charge in [-0.2, -0.15) is 0 Å². The van der Waals surface area contributed by atoms with Crippen LogP contribution >= 0.6 is 11.6 Å². The van der Waals surface area contributed by atoms with Crippen LogP contribution in [0.15, 0.2) is 77.6 Å². The standard InChI is InChI=1S/C24H16ClNO5/c25-17-10-11-18-19(12-17)20(15-4-2-1-3-5-15)21(24(30)31)26(22(18)27)13-14-6-8-16(9-7-14)23(28)29/h1-12H,13H2,(H,28,29)(H,30,31). The fourth-order valence-corrected chi connectivity index (χ4v) is 3.80. The molecule has 0 radical (unpaired) electrons. The number of carboxylic acid groups (broad SMARTS) is 2. The van der Waals surface area contributed by atoms with Crippen molar-refractivity contribution in [3.05, 3.63) is 105 Å². The average Bonchev–Trinajstić information content (AvgIpc) is 2.76. The van der Waals surface area contributed by atoms with Crippen molar-refractivity contribution < 1.29 is 19.8 Å². The predicted molar refractivity (Wildman–Crippen MR) is 118 cm³/mol. The number of fused-ring (bicyclic) bond motifs is 1. The molecule has 0 bridgehead atoms. The maximum absolute atomic E-state index is 13.3. The molecule has 1 heterocycles. The van der Waals surface area contributed by atoms with Gasteiger partial charge in [0.05, 0.1) is 12.1 Å². The van der Waals surface area contributed by atoms with Gasteiger partial charge in [-0.05, 0) is 46.8 Å². The molecule has 154 valence electrons. The lowest BCUT2D eigenvalue weighted by atomic mass is 9.96. The zero-order valence-corrected chi connectivity index (χ0v) is 16.8. The van der Waals surface area contributed by atoms with Gasteiger partial charge in [-0.3, -0.25) is 9.36 Å². The van der Waals surface area contributed by atoms with Crippen molar-refractivity contribution in [2.75, 3.05) is 0 Å². The van der Waals surface area contributed by atoms with Crippen LogP contribution in [0.5, 0.6) is 0 Å². The lowest BCUT2D eigenvalue weighted by Gasteiger charge is -2.18. The van der Waals surface area contributed by atoms with Crippen molar-refractivity contribution in [3.63, 3.8) is 0 Å². The highest BCUT2D eigenvalue weighted by atomic mass is 35.5. The number of nitrogens with zero attached hydrogens (tertiary/aromatic N) is 1. The van der Waals surface area contributed by atoms with Crippen molar-refractivity contribution in [2.24, 2.45) is 0 Å². The van der Waals surface area contributed by atoms with E-state index in [4.69, 9.17) is 16.7 Å². The van der Waals surface area contributed by atoms with E-state index in [0.717, 1.165) is 0 Å². The Morgan fingerprint density at radius 3 is 2.13 bits per heavy atom. The van der Waals surface area contributed by atoms with E-state index in [1.807, 2.05) is 6.07 Å². The molecule has 0 spiro atoms. The van der Waals surface area contributed by atoms with Gasteiger partial charge in [0.2, 0.25) is 0 Å². The summed E-state index contributed by atoms with van der Waals surface area (Å²) in [6.45, 7) is -0.0290. The van der Waals surface area contributed by atoms with Gasteiger partial charge in [-0.15, -0.1) is 0 Å². The maximum atomic E-state index is 13.3. The van der Waals surface area contributed by atoms with Gasteiger partial charge in [0.1, 0.15) is 5.69 Å². The molecule has 7 heteroatoms. The third-order valence-corrected chi connectivity index (χ3v) is 5.27. The van der Waals surface area contributed by atoms with Gasteiger partial charge in [-0.25, -0.2) is 9.59 Å². The van der Waals surface area contributed by atoms with E-state index < -0.39 is 17.5 Å². The van der Waals surface area contributed by atoms with Crippen LogP contribution in [-0.2, 0) is 6.54 Å². The molecule has 0 aliphatic heterocycles. The first-order chi connectivity index (χ1) is 14.9. The van der Waals surface area contributed by atoms with Crippen LogP contribution < -0.4 is 5.56 Å². The maximum Gasteiger partial charge on any atom is 0.353 e. The molecule has 4 aromatic rings. The molecule has 0 amide bonds. The molecule has 31 heavy (non-hydrogen) atoms. The third kappa shape index (κ3) is 3.81. The molecule has 0 fully saturated rings. The van der Waals surface area contributed by atoms with Gasteiger partial charge >= 0.3 is 11.9 Å². The predicted octanol–water partition coefficient (Wildman–Crippen LogP) is 4.77. The summed E-state index contributed by atoms with van der Waals surface area (Å²) in [5.41, 5.74) is 1.11. The Morgan fingerprint density at radius 1 is 0.839 bits per heavy atom. The number of rotatable bonds is 5. The van der Waals surface area contributed by atoms with Crippen molar-refractivity contribution in [2.45, 2.75) is 6.54 Å². The number of carbonyl (C=O) groups is 2. The first-order valence-electron chi connectivity index (χ1n) is 9.34. The van der Waals surface area contributed by atoms with E-state index in [2.05, 4.69) is 0 Å². The number of aromatic carboxylic acids is 2. The monoisotopic (exact) mass is 433 g/mol.